The summed E-state index contributed by atoms with van der Waals surface area (Å²) in [5, 5.41) is 9.77. The first kappa shape index (κ1) is 15.5. The maximum absolute atomic E-state index is 12.2. The summed E-state index contributed by atoms with van der Waals surface area (Å²) in [6.07, 6.45) is 6.14. The molecule has 0 radical (unpaired) electrons. The number of anilines is 2. The molecule has 0 spiro atoms. The van der Waals surface area contributed by atoms with Gasteiger partial charge in [-0.2, -0.15) is 0 Å². The van der Waals surface area contributed by atoms with Crippen molar-refractivity contribution in [3.63, 3.8) is 0 Å². The van der Waals surface area contributed by atoms with Crippen molar-refractivity contribution in [1.29, 1.82) is 0 Å². The van der Waals surface area contributed by atoms with Gasteiger partial charge in [0, 0.05) is 37.4 Å². The minimum Gasteiger partial charge on any atom is -0.507 e. The van der Waals surface area contributed by atoms with Gasteiger partial charge < -0.3 is 20.6 Å². The highest BCUT2D eigenvalue weighted by Gasteiger charge is 2.42. The number of carbonyl (C=O) groups excluding carboxylic acids is 1. The number of piperazine rings is 1. The lowest BCUT2D eigenvalue weighted by molar-refractivity contribution is 0.104. The van der Waals surface area contributed by atoms with Gasteiger partial charge in [0.2, 0.25) is 0 Å². The first-order valence-electron chi connectivity index (χ1n) is 8.36. The SMILES string of the molecule is Nc1ccc(N2C[C@H]3CC2CN3/C=C/C(=O)c2ccccc2O)nc1. The van der Waals surface area contributed by atoms with E-state index in [-0.39, 0.29) is 11.5 Å². The third kappa shape index (κ3) is 2.91. The molecule has 1 aromatic heterocycles. The minimum atomic E-state index is -0.182. The number of nitrogen functional groups attached to an aromatic ring is 1. The normalized spacial score (nSPS) is 22.1. The molecule has 4 rings (SSSR count). The molecule has 3 N–H and O–H groups in total. The number of nitrogens with two attached hydrogens (primary N) is 1. The van der Waals surface area contributed by atoms with Crippen LogP contribution in [0.15, 0.2) is 54.9 Å². The number of hydrogen-bond donors (Lipinski definition) is 2. The Bertz CT molecular complexity index is 818. The zero-order valence-corrected chi connectivity index (χ0v) is 13.7. The molecule has 2 bridgehead atoms. The van der Waals surface area contributed by atoms with Gasteiger partial charge in [-0.1, -0.05) is 12.1 Å². The molecular formula is C19H20N4O2. The van der Waals surface area contributed by atoms with Gasteiger partial charge in [0.15, 0.2) is 5.78 Å². The monoisotopic (exact) mass is 336 g/mol. The number of phenols is 1. The standard InChI is InChI=1S/C19H20N4O2/c20-13-5-6-19(21-10-13)23-12-14-9-15(23)11-22(14)8-7-18(25)16-3-1-2-4-17(16)24/h1-8,10,14-15,24H,9,11-12,20H2/b8-7+/t14-,15?/m1/s1. The Balaban J connectivity index is 1.42. The van der Waals surface area contributed by atoms with Crippen LogP contribution in [0.5, 0.6) is 5.75 Å². The number of aromatic hydroxyl groups is 1. The molecule has 6 heteroatoms. The van der Waals surface area contributed by atoms with Crippen molar-refractivity contribution >= 4 is 17.3 Å². The Morgan fingerprint density at radius 2 is 2.04 bits per heavy atom. The summed E-state index contributed by atoms with van der Waals surface area (Å²) >= 11 is 0. The number of hydrogen-bond acceptors (Lipinski definition) is 6. The van der Waals surface area contributed by atoms with E-state index in [0.29, 0.717) is 23.3 Å². The van der Waals surface area contributed by atoms with Crippen LogP contribution in [0.1, 0.15) is 16.8 Å². The molecule has 0 saturated carbocycles. The molecule has 25 heavy (non-hydrogen) atoms. The van der Waals surface area contributed by atoms with Crippen molar-refractivity contribution in [2.45, 2.75) is 18.5 Å². The van der Waals surface area contributed by atoms with E-state index in [0.717, 1.165) is 25.3 Å². The lowest BCUT2D eigenvalue weighted by atomic mass is 10.1. The van der Waals surface area contributed by atoms with Gasteiger partial charge in [-0.25, -0.2) is 4.98 Å². The topological polar surface area (TPSA) is 82.7 Å². The molecular weight excluding hydrogens is 316 g/mol. The number of rotatable bonds is 4. The first-order chi connectivity index (χ1) is 12.1. The predicted octanol–water partition coefficient (Wildman–Crippen LogP) is 2.03. The Morgan fingerprint density at radius 1 is 1.20 bits per heavy atom. The number of pyridine rings is 1. The van der Waals surface area contributed by atoms with E-state index in [4.69, 9.17) is 5.73 Å². The quantitative estimate of drug-likeness (QED) is 0.657. The lowest BCUT2D eigenvalue weighted by Gasteiger charge is -2.34. The molecule has 2 atom stereocenters. The van der Waals surface area contributed by atoms with Gasteiger partial charge >= 0.3 is 0 Å². The fourth-order valence-corrected chi connectivity index (χ4v) is 3.66. The number of ketones is 1. The van der Waals surface area contributed by atoms with E-state index in [2.05, 4.69) is 14.8 Å². The zero-order chi connectivity index (χ0) is 17.4. The summed E-state index contributed by atoms with van der Waals surface area (Å²) in [5.41, 5.74) is 6.70. The molecule has 2 aliphatic rings. The largest absolute Gasteiger partial charge is 0.507 e. The van der Waals surface area contributed by atoms with Gasteiger partial charge in [0.25, 0.3) is 0 Å². The van der Waals surface area contributed by atoms with Crippen LogP contribution in [0, 0.1) is 0 Å². The molecule has 0 aliphatic carbocycles. The highest BCUT2D eigenvalue weighted by molar-refractivity contribution is 6.06. The number of aromatic nitrogens is 1. The van der Waals surface area contributed by atoms with Crippen molar-refractivity contribution in [1.82, 2.24) is 9.88 Å². The summed E-state index contributed by atoms with van der Waals surface area (Å²) < 4.78 is 0. The number of carbonyl (C=O) groups is 1. The van der Waals surface area contributed by atoms with E-state index in [1.807, 2.05) is 18.3 Å². The van der Waals surface area contributed by atoms with Crippen LogP contribution in [-0.2, 0) is 0 Å². The van der Waals surface area contributed by atoms with Gasteiger partial charge in [0.1, 0.15) is 11.6 Å². The summed E-state index contributed by atoms with van der Waals surface area (Å²) in [6.45, 7) is 1.75. The van der Waals surface area contributed by atoms with Gasteiger partial charge in [0.05, 0.1) is 17.4 Å². The van der Waals surface area contributed by atoms with Gasteiger partial charge in [-0.05, 0) is 30.7 Å². The average molecular weight is 336 g/mol. The molecule has 0 amide bonds. The van der Waals surface area contributed by atoms with Gasteiger partial charge in [-0.15, -0.1) is 0 Å². The van der Waals surface area contributed by atoms with E-state index in [1.54, 1.807) is 30.5 Å². The average Bonchev–Trinajstić information content (AvgIpc) is 3.21. The molecule has 3 heterocycles. The lowest BCUT2D eigenvalue weighted by Crippen LogP contribution is -2.44. The van der Waals surface area contributed by atoms with E-state index in [9.17, 15) is 9.90 Å². The molecule has 6 nitrogen and oxygen atoms in total. The number of likely N-dealkylation sites (tertiary alicyclic amines) is 1. The number of nitrogens with zero attached hydrogens (tertiary/aromatic N) is 3. The van der Waals surface area contributed by atoms with Crippen LogP contribution in [0.4, 0.5) is 11.5 Å². The maximum atomic E-state index is 12.2. The Morgan fingerprint density at radius 3 is 2.72 bits per heavy atom. The predicted molar refractivity (Wildman–Crippen MR) is 96.5 cm³/mol. The molecule has 2 fully saturated rings. The van der Waals surface area contributed by atoms with Crippen molar-refractivity contribution in [2.75, 3.05) is 23.7 Å². The third-order valence-electron chi connectivity index (χ3n) is 4.93. The van der Waals surface area contributed by atoms with Crippen LogP contribution in [0.25, 0.3) is 0 Å². The van der Waals surface area contributed by atoms with Crippen LogP contribution in [-0.4, -0.2) is 45.9 Å². The van der Waals surface area contributed by atoms with E-state index in [1.165, 1.54) is 6.07 Å². The molecule has 2 aliphatic heterocycles. The summed E-state index contributed by atoms with van der Waals surface area (Å²) in [7, 11) is 0. The van der Waals surface area contributed by atoms with Crippen LogP contribution < -0.4 is 10.6 Å². The Kier molecular flexibility index (Phi) is 3.80. The highest BCUT2D eigenvalue weighted by Crippen LogP contribution is 2.34. The number of fused-ring (bicyclic) bond motifs is 2. The zero-order valence-electron chi connectivity index (χ0n) is 13.7. The highest BCUT2D eigenvalue weighted by atomic mass is 16.3. The second-order valence-corrected chi connectivity index (χ2v) is 6.54. The van der Waals surface area contributed by atoms with Crippen LogP contribution >= 0.6 is 0 Å². The van der Waals surface area contributed by atoms with Crippen LogP contribution in [0.3, 0.4) is 0 Å². The van der Waals surface area contributed by atoms with Gasteiger partial charge in [-0.3, -0.25) is 4.79 Å². The molecule has 1 unspecified atom stereocenters. The first-order valence-corrected chi connectivity index (χ1v) is 8.36. The summed E-state index contributed by atoms with van der Waals surface area (Å²) in [4.78, 5) is 21.2. The number of allylic oxidation sites excluding steroid dienone is 1. The number of benzene rings is 1. The second-order valence-electron chi connectivity index (χ2n) is 6.54. The van der Waals surface area contributed by atoms with Crippen molar-refractivity contribution in [3.8, 4) is 5.75 Å². The molecule has 128 valence electrons. The molecule has 2 aromatic rings. The number of phenolic OH excluding ortho intramolecular Hbond substituents is 1. The third-order valence-corrected chi connectivity index (χ3v) is 4.93. The van der Waals surface area contributed by atoms with Crippen LogP contribution in [0.2, 0.25) is 0 Å². The van der Waals surface area contributed by atoms with Crippen molar-refractivity contribution in [3.05, 3.63) is 60.4 Å². The smallest absolute Gasteiger partial charge is 0.190 e. The summed E-state index contributed by atoms with van der Waals surface area (Å²) in [6, 6.07) is 11.2. The van der Waals surface area contributed by atoms with Crippen molar-refractivity contribution in [2.24, 2.45) is 0 Å². The van der Waals surface area contributed by atoms with E-state index >= 15 is 0 Å². The van der Waals surface area contributed by atoms with E-state index < -0.39 is 0 Å². The maximum Gasteiger partial charge on any atom is 0.190 e. The Labute approximate surface area is 146 Å². The molecule has 1 aromatic carbocycles. The minimum absolute atomic E-state index is 0.0145. The summed E-state index contributed by atoms with van der Waals surface area (Å²) in [5.74, 6) is 0.786. The fraction of sp³-hybridized carbons (Fsp3) is 0.263. The number of para-hydroxylation sites is 1. The second kappa shape index (κ2) is 6.12. The van der Waals surface area contributed by atoms with Crippen molar-refractivity contribution < 1.29 is 9.90 Å². The fourth-order valence-electron chi connectivity index (χ4n) is 3.66. The molecule has 2 saturated heterocycles. The Hall–Kier alpha value is -3.02.